The standard InChI is InChI=1S/C18H14FNOS2/c1-11-5-3-8-15(12(11)2)20-17(21)16(23-18(20)22)10-13-6-4-7-14(19)9-13/h3-10H,1-2H3. The maximum Gasteiger partial charge on any atom is 0.270 e. The number of carbonyl (C=O) groups is 1. The molecule has 2 aromatic rings. The van der Waals surface area contributed by atoms with Gasteiger partial charge in [-0.25, -0.2) is 4.39 Å². The van der Waals surface area contributed by atoms with Gasteiger partial charge in [-0.15, -0.1) is 0 Å². The topological polar surface area (TPSA) is 20.3 Å². The van der Waals surface area contributed by atoms with Crippen LogP contribution in [-0.4, -0.2) is 10.2 Å². The molecule has 1 amide bonds. The number of anilines is 1. The van der Waals surface area contributed by atoms with Crippen LogP contribution in [0, 0.1) is 19.7 Å². The van der Waals surface area contributed by atoms with Gasteiger partial charge in [0.05, 0.1) is 10.6 Å². The Bertz CT molecular complexity index is 845. The molecule has 0 atom stereocenters. The van der Waals surface area contributed by atoms with Gasteiger partial charge < -0.3 is 0 Å². The van der Waals surface area contributed by atoms with E-state index in [2.05, 4.69) is 0 Å². The molecule has 0 saturated carbocycles. The predicted molar refractivity (Wildman–Crippen MR) is 98.0 cm³/mol. The highest BCUT2D eigenvalue weighted by atomic mass is 32.2. The summed E-state index contributed by atoms with van der Waals surface area (Å²) in [6, 6.07) is 11.9. The minimum Gasteiger partial charge on any atom is -0.268 e. The fourth-order valence-corrected chi connectivity index (χ4v) is 3.69. The molecule has 1 aliphatic rings. The number of hydrogen-bond acceptors (Lipinski definition) is 3. The summed E-state index contributed by atoms with van der Waals surface area (Å²) in [6.07, 6.45) is 1.67. The van der Waals surface area contributed by atoms with E-state index in [4.69, 9.17) is 12.2 Å². The van der Waals surface area contributed by atoms with Gasteiger partial charge in [0.2, 0.25) is 0 Å². The quantitative estimate of drug-likeness (QED) is 0.574. The third kappa shape index (κ3) is 3.07. The molecule has 3 rings (SSSR count). The molecule has 0 unspecified atom stereocenters. The smallest absolute Gasteiger partial charge is 0.268 e. The molecule has 1 heterocycles. The molecule has 0 radical (unpaired) electrons. The Morgan fingerprint density at radius 2 is 1.91 bits per heavy atom. The molecule has 2 nitrogen and oxygen atoms in total. The van der Waals surface area contributed by atoms with E-state index in [1.165, 1.54) is 23.9 Å². The maximum atomic E-state index is 13.3. The van der Waals surface area contributed by atoms with Crippen LogP contribution >= 0.6 is 24.0 Å². The Morgan fingerprint density at radius 3 is 2.65 bits per heavy atom. The Kier molecular flexibility index (Phi) is 4.33. The summed E-state index contributed by atoms with van der Waals surface area (Å²) in [5.74, 6) is -0.498. The van der Waals surface area contributed by atoms with Crippen LogP contribution in [0.5, 0.6) is 0 Å². The van der Waals surface area contributed by atoms with E-state index in [9.17, 15) is 9.18 Å². The van der Waals surface area contributed by atoms with Crippen LogP contribution in [-0.2, 0) is 4.79 Å². The van der Waals surface area contributed by atoms with Crippen molar-refractivity contribution >= 4 is 46.0 Å². The van der Waals surface area contributed by atoms with Crippen molar-refractivity contribution in [2.45, 2.75) is 13.8 Å². The van der Waals surface area contributed by atoms with Gasteiger partial charge in [0.15, 0.2) is 4.32 Å². The zero-order valence-corrected chi connectivity index (χ0v) is 14.3. The fourth-order valence-electron chi connectivity index (χ4n) is 2.40. The van der Waals surface area contributed by atoms with E-state index in [1.807, 2.05) is 32.0 Å². The van der Waals surface area contributed by atoms with E-state index in [1.54, 1.807) is 23.1 Å². The fraction of sp³-hybridized carbons (Fsp3) is 0.111. The maximum absolute atomic E-state index is 13.3. The van der Waals surface area contributed by atoms with Crippen LogP contribution in [0.3, 0.4) is 0 Å². The Hall–Kier alpha value is -1.98. The summed E-state index contributed by atoms with van der Waals surface area (Å²) in [7, 11) is 0. The van der Waals surface area contributed by atoms with Gasteiger partial charge in [-0.3, -0.25) is 9.69 Å². The van der Waals surface area contributed by atoms with E-state index in [0.29, 0.717) is 14.8 Å². The molecule has 23 heavy (non-hydrogen) atoms. The third-order valence-corrected chi connectivity index (χ3v) is 5.06. The van der Waals surface area contributed by atoms with Gasteiger partial charge >= 0.3 is 0 Å². The molecule has 0 spiro atoms. The van der Waals surface area contributed by atoms with E-state index in [0.717, 1.165) is 16.8 Å². The Balaban J connectivity index is 1.99. The van der Waals surface area contributed by atoms with E-state index in [-0.39, 0.29) is 11.7 Å². The van der Waals surface area contributed by atoms with Crippen LogP contribution in [0.25, 0.3) is 6.08 Å². The minimum atomic E-state index is -0.330. The number of halogens is 1. The second-order valence-corrected chi connectivity index (χ2v) is 6.97. The molecule has 0 bridgehead atoms. The number of aryl methyl sites for hydroxylation is 1. The average Bonchev–Trinajstić information content (AvgIpc) is 2.77. The van der Waals surface area contributed by atoms with Crippen LogP contribution in [0.2, 0.25) is 0 Å². The normalized spacial score (nSPS) is 16.5. The summed E-state index contributed by atoms with van der Waals surface area (Å²) in [5, 5.41) is 0. The summed E-state index contributed by atoms with van der Waals surface area (Å²) >= 11 is 6.61. The van der Waals surface area contributed by atoms with Crippen molar-refractivity contribution in [1.29, 1.82) is 0 Å². The first-order valence-electron chi connectivity index (χ1n) is 7.07. The Labute approximate surface area is 144 Å². The highest BCUT2D eigenvalue weighted by Gasteiger charge is 2.34. The molecule has 1 fully saturated rings. The molecule has 5 heteroatoms. The van der Waals surface area contributed by atoms with Gasteiger partial charge in [-0.1, -0.05) is 48.2 Å². The van der Waals surface area contributed by atoms with Crippen molar-refractivity contribution in [3.05, 3.63) is 69.9 Å². The number of thiocarbonyl (C=S) groups is 1. The second-order valence-electron chi connectivity index (χ2n) is 5.29. The highest BCUT2D eigenvalue weighted by molar-refractivity contribution is 8.27. The molecule has 116 valence electrons. The number of rotatable bonds is 2. The second kappa shape index (κ2) is 6.26. The molecule has 2 aromatic carbocycles. The molecular weight excluding hydrogens is 329 g/mol. The van der Waals surface area contributed by atoms with Crippen LogP contribution in [0.15, 0.2) is 47.4 Å². The van der Waals surface area contributed by atoms with Crippen LogP contribution in [0.4, 0.5) is 10.1 Å². The zero-order valence-electron chi connectivity index (χ0n) is 12.7. The third-order valence-electron chi connectivity index (χ3n) is 3.76. The first-order chi connectivity index (χ1) is 11.0. The van der Waals surface area contributed by atoms with Gasteiger partial charge in [-0.05, 0) is 54.8 Å². The Morgan fingerprint density at radius 1 is 1.17 bits per heavy atom. The number of nitrogens with zero attached hydrogens (tertiary/aromatic N) is 1. The lowest BCUT2D eigenvalue weighted by Gasteiger charge is -2.18. The van der Waals surface area contributed by atoms with Crippen molar-refractivity contribution in [3.63, 3.8) is 0 Å². The highest BCUT2D eigenvalue weighted by Crippen LogP contribution is 2.37. The predicted octanol–water partition coefficient (Wildman–Crippen LogP) is 4.85. The lowest BCUT2D eigenvalue weighted by molar-refractivity contribution is -0.113. The number of amides is 1. The molecule has 1 aliphatic heterocycles. The molecular formula is C18H14FNOS2. The van der Waals surface area contributed by atoms with Crippen molar-refractivity contribution in [2.24, 2.45) is 0 Å². The largest absolute Gasteiger partial charge is 0.270 e. The average molecular weight is 343 g/mol. The molecule has 0 aliphatic carbocycles. The summed E-state index contributed by atoms with van der Waals surface area (Å²) in [6.45, 7) is 3.97. The number of thioether (sulfide) groups is 1. The number of benzene rings is 2. The monoisotopic (exact) mass is 343 g/mol. The summed E-state index contributed by atoms with van der Waals surface area (Å²) < 4.78 is 13.8. The lowest BCUT2D eigenvalue weighted by atomic mass is 10.1. The first-order valence-corrected chi connectivity index (χ1v) is 8.29. The van der Waals surface area contributed by atoms with E-state index < -0.39 is 0 Å². The molecule has 0 N–H and O–H groups in total. The van der Waals surface area contributed by atoms with Crippen molar-refractivity contribution in [2.75, 3.05) is 4.90 Å². The molecule has 0 aromatic heterocycles. The summed E-state index contributed by atoms with van der Waals surface area (Å²) in [5.41, 5.74) is 3.57. The summed E-state index contributed by atoms with van der Waals surface area (Å²) in [4.78, 5) is 14.8. The SMILES string of the molecule is Cc1cccc(N2C(=O)C(=Cc3cccc(F)c3)SC2=S)c1C. The van der Waals surface area contributed by atoms with Crippen molar-refractivity contribution in [1.82, 2.24) is 0 Å². The van der Waals surface area contributed by atoms with Gasteiger partial charge in [-0.2, -0.15) is 0 Å². The first kappa shape index (κ1) is 15.9. The minimum absolute atomic E-state index is 0.169. The van der Waals surface area contributed by atoms with Gasteiger partial charge in [0.1, 0.15) is 5.82 Å². The number of carbonyl (C=O) groups excluding carboxylic acids is 1. The van der Waals surface area contributed by atoms with Gasteiger partial charge in [0, 0.05) is 0 Å². The molecule has 1 saturated heterocycles. The zero-order chi connectivity index (χ0) is 16.6. The van der Waals surface area contributed by atoms with Crippen LogP contribution in [0.1, 0.15) is 16.7 Å². The van der Waals surface area contributed by atoms with Gasteiger partial charge in [0.25, 0.3) is 5.91 Å². The van der Waals surface area contributed by atoms with Crippen molar-refractivity contribution in [3.8, 4) is 0 Å². The number of hydrogen-bond donors (Lipinski definition) is 0. The lowest BCUT2D eigenvalue weighted by Crippen LogP contribution is -2.28. The van der Waals surface area contributed by atoms with E-state index >= 15 is 0 Å². The van der Waals surface area contributed by atoms with Crippen LogP contribution < -0.4 is 4.90 Å². The van der Waals surface area contributed by atoms with Crippen molar-refractivity contribution < 1.29 is 9.18 Å².